The van der Waals surface area contributed by atoms with Crippen LogP contribution >= 0.6 is 27.5 Å². The number of halogens is 1. The molecule has 0 spiro atoms. The molecule has 88 valence electrons. The fourth-order valence-electron chi connectivity index (χ4n) is 1.33. The van der Waals surface area contributed by atoms with Crippen molar-refractivity contribution in [1.82, 2.24) is 9.10 Å². The highest BCUT2D eigenvalue weighted by Gasteiger charge is 2.30. The molecule has 0 aliphatic heterocycles. The molecule has 5 nitrogen and oxygen atoms in total. The lowest BCUT2D eigenvalue weighted by Crippen LogP contribution is -2.38. The highest BCUT2D eigenvalue weighted by molar-refractivity contribution is 9.10. The molecule has 1 N–H and O–H groups in total. The standard InChI is InChI=1S/C8H9BrN2O3S2/c9-6-4-10-15-8(6)16(13,14)11-7(12)5-2-1-3-5/h4-5H,1-3H2,(H,11,12). The van der Waals surface area contributed by atoms with Gasteiger partial charge in [-0.2, -0.15) is 4.37 Å². The topological polar surface area (TPSA) is 76.1 Å². The predicted molar refractivity (Wildman–Crippen MR) is 62.5 cm³/mol. The van der Waals surface area contributed by atoms with Crippen LogP contribution in [0.5, 0.6) is 0 Å². The van der Waals surface area contributed by atoms with Gasteiger partial charge in [-0.15, -0.1) is 0 Å². The van der Waals surface area contributed by atoms with Crippen LogP contribution in [0.2, 0.25) is 0 Å². The number of hydrogen-bond donors (Lipinski definition) is 1. The van der Waals surface area contributed by atoms with E-state index in [0.717, 1.165) is 30.8 Å². The Morgan fingerprint density at radius 1 is 1.56 bits per heavy atom. The van der Waals surface area contributed by atoms with Gasteiger partial charge in [-0.05, 0) is 40.3 Å². The number of aromatic nitrogens is 1. The summed E-state index contributed by atoms with van der Waals surface area (Å²) in [6.07, 6.45) is 3.92. The maximum Gasteiger partial charge on any atom is 0.276 e. The first kappa shape index (κ1) is 12.0. The maximum absolute atomic E-state index is 11.8. The summed E-state index contributed by atoms with van der Waals surface area (Å²) in [4.78, 5) is 11.5. The zero-order valence-corrected chi connectivity index (χ0v) is 11.4. The van der Waals surface area contributed by atoms with Gasteiger partial charge in [0.2, 0.25) is 5.91 Å². The summed E-state index contributed by atoms with van der Waals surface area (Å²) in [5, 5.41) is 0. The summed E-state index contributed by atoms with van der Waals surface area (Å²) in [6, 6.07) is 0. The van der Waals surface area contributed by atoms with Gasteiger partial charge in [0.05, 0.1) is 10.7 Å². The molecule has 1 aliphatic rings. The van der Waals surface area contributed by atoms with Crippen LogP contribution in [-0.4, -0.2) is 18.7 Å². The predicted octanol–water partition coefficient (Wildman–Crippen LogP) is 1.51. The highest BCUT2D eigenvalue weighted by Crippen LogP contribution is 2.28. The average molecular weight is 325 g/mol. The van der Waals surface area contributed by atoms with Gasteiger partial charge in [0.15, 0.2) is 4.21 Å². The highest BCUT2D eigenvalue weighted by atomic mass is 79.9. The normalized spacial score (nSPS) is 16.8. The molecule has 0 atom stereocenters. The van der Waals surface area contributed by atoms with Crippen molar-refractivity contribution < 1.29 is 13.2 Å². The number of sulfonamides is 1. The summed E-state index contributed by atoms with van der Waals surface area (Å²) >= 11 is 3.91. The van der Waals surface area contributed by atoms with Crippen molar-refractivity contribution in [2.75, 3.05) is 0 Å². The molecule has 1 aromatic heterocycles. The van der Waals surface area contributed by atoms with Crippen molar-refractivity contribution in [2.24, 2.45) is 5.92 Å². The minimum atomic E-state index is -3.76. The van der Waals surface area contributed by atoms with Crippen LogP contribution in [0.15, 0.2) is 14.9 Å². The third kappa shape index (κ3) is 2.28. The van der Waals surface area contributed by atoms with Crippen molar-refractivity contribution >= 4 is 43.4 Å². The third-order valence-corrected chi connectivity index (χ3v) is 6.23. The van der Waals surface area contributed by atoms with Crippen LogP contribution in [0.1, 0.15) is 19.3 Å². The van der Waals surface area contributed by atoms with Crippen molar-refractivity contribution in [3.05, 3.63) is 10.7 Å². The molecule has 1 saturated carbocycles. The molecule has 8 heteroatoms. The molecule has 16 heavy (non-hydrogen) atoms. The molecule has 1 aromatic rings. The van der Waals surface area contributed by atoms with E-state index >= 15 is 0 Å². The second-order valence-electron chi connectivity index (χ2n) is 3.56. The smallest absolute Gasteiger partial charge is 0.274 e. The largest absolute Gasteiger partial charge is 0.276 e. The van der Waals surface area contributed by atoms with Crippen LogP contribution in [0.3, 0.4) is 0 Å². The van der Waals surface area contributed by atoms with Gasteiger partial charge in [-0.25, -0.2) is 13.1 Å². The summed E-state index contributed by atoms with van der Waals surface area (Å²) < 4.78 is 29.8. The Balaban J connectivity index is 2.14. The average Bonchev–Trinajstić information content (AvgIpc) is 2.46. The van der Waals surface area contributed by atoms with E-state index in [-0.39, 0.29) is 10.1 Å². The van der Waals surface area contributed by atoms with E-state index in [1.165, 1.54) is 6.20 Å². The van der Waals surface area contributed by atoms with Crippen molar-refractivity contribution in [3.63, 3.8) is 0 Å². The van der Waals surface area contributed by atoms with E-state index in [9.17, 15) is 13.2 Å². The number of amides is 1. The number of hydrogen-bond acceptors (Lipinski definition) is 5. The first-order valence-corrected chi connectivity index (χ1v) is 7.72. The fraction of sp³-hybridized carbons (Fsp3) is 0.500. The number of nitrogens with zero attached hydrogens (tertiary/aromatic N) is 1. The Hall–Kier alpha value is -0.470. The summed E-state index contributed by atoms with van der Waals surface area (Å²) in [7, 11) is -3.76. The first-order valence-electron chi connectivity index (χ1n) is 4.67. The Bertz CT molecular complexity index is 507. The molecule has 0 unspecified atom stereocenters. The monoisotopic (exact) mass is 324 g/mol. The van der Waals surface area contributed by atoms with E-state index in [2.05, 4.69) is 25.0 Å². The second-order valence-corrected chi connectivity index (χ2v) is 7.09. The van der Waals surface area contributed by atoms with Gasteiger partial charge < -0.3 is 0 Å². The Labute approximate surface area is 106 Å². The van der Waals surface area contributed by atoms with Crippen LogP contribution in [0.4, 0.5) is 0 Å². The number of carbonyl (C=O) groups is 1. The molecule has 0 aromatic carbocycles. The molecule has 2 rings (SSSR count). The van der Waals surface area contributed by atoms with E-state index in [1.54, 1.807) is 0 Å². The van der Waals surface area contributed by atoms with Crippen LogP contribution < -0.4 is 4.72 Å². The second kappa shape index (κ2) is 4.42. The van der Waals surface area contributed by atoms with Gasteiger partial charge in [0.1, 0.15) is 0 Å². The molecule has 1 aliphatic carbocycles. The Kier molecular flexibility index (Phi) is 3.32. The van der Waals surface area contributed by atoms with Gasteiger partial charge >= 0.3 is 0 Å². The zero-order chi connectivity index (χ0) is 11.8. The molecule has 0 radical (unpaired) electrons. The van der Waals surface area contributed by atoms with Crippen LogP contribution in [0.25, 0.3) is 0 Å². The van der Waals surface area contributed by atoms with Gasteiger partial charge in [-0.1, -0.05) is 6.42 Å². The lowest BCUT2D eigenvalue weighted by Gasteiger charge is -2.23. The van der Waals surface area contributed by atoms with Crippen molar-refractivity contribution in [3.8, 4) is 0 Å². The molecular weight excluding hydrogens is 316 g/mol. The van der Waals surface area contributed by atoms with Crippen LogP contribution in [0, 0.1) is 5.92 Å². The minimum absolute atomic E-state index is 0.0418. The fourth-order valence-corrected chi connectivity index (χ4v) is 4.30. The maximum atomic E-state index is 11.8. The number of nitrogens with one attached hydrogen (secondary N) is 1. The molecule has 1 amide bonds. The number of rotatable bonds is 3. The molecule has 1 fully saturated rings. The van der Waals surface area contributed by atoms with Gasteiger partial charge in [0.25, 0.3) is 10.0 Å². The van der Waals surface area contributed by atoms with Crippen molar-refractivity contribution in [2.45, 2.75) is 23.5 Å². The minimum Gasteiger partial charge on any atom is -0.274 e. The lowest BCUT2D eigenvalue weighted by atomic mass is 9.85. The summed E-state index contributed by atoms with van der Waals surface area (Å²) in [5.41, 5.74) is 0. The van der Waals surface area contributed by atoms with Crippen molar-refractivity contribution in [1.29, 1.82) is 0 Å². The van der Waals surface area contributed by atoms with E-state index in [1.807, 2.05) is 0 Å². The Morgan fingerprint density at radius 3 is 2.69 bits per heavy atom. The molecule has 1 heterocycles. The quantitative estimate of drug-likeness (QED) is 0.914. The molecular formula is C8H9BrN2O3S2. The van der Waals surface area contributed by atoms with E-state index < -0.39 is 15.9 Å². The third-order valence-electron chi connectivity index (χ3n) is 2.45. The SMILES string of the molecule is O=C(NS(=O)(=O)c1sncc1Br)C1CCC1. The van der Waals surface area contributed by atoms with Gasteiger partial charge in [-0.3, -0.25) is 4.79 Å². The zero-order valence-electron chi connectivity index (χ0n) is 8.14. The van der Waals surface area contributed by atoms with E-state index in [0.29, 0.717) is 4.47 Å². The molecule has 0 saturated heterocycles. The summed E-state index contributed by atoms with van der Waals surface area (Å²) in [6.45, 7) is 0. The number of carbonyl (C=O) groups excluding carboxylic acids is 1. The Morgan fingerprint density at radius 2 is 2.25 bits per heavy atom. The van der Waals surface area contributed by atoms with Crippen LogP contribution in [-0.2, 0) is 14.8 Å². The van der Waals surface area contributed by atoms with Gasteiger partial charge in [0, 0.05) is 5.92 Å². The first-order chi connectivity index (χ1) is 7.50. The lowest BCUT2D eigenvalue weighted by molar-refractivity contribution is -0.125. The molecule has 0 bridgehead atoms. The van der Waals surface area contributed by atoms with E-state index in [4.69, 9.17) is 0 Å². The summed E-state index contributed by atoms with van der Waals surface area (Å²) in [5.74, 6) is -0.562.